The summed E-state index contributed by atoms with van der Waals surface area (Å²) in [5, 5.41) is 11.7. The summed E-state index contributed by atoms with van der Waals surface area (Å²) in [6.07, 6.45) is 0.0352. The fourth-order valence-corrected chi connectivity index (χ4v) is 4.46. The Morgan fingerprint density at radius 2 is 1.91 bits per heavy atom. The fourth-order valence-electron chi connectivity index (χ4n) is 3.48. The minimum absolute atomic E-state index is 0.0364. The predicted molar refractivity (Wildman–Crippen MR) is 124 cm³/mol. The molecule has 0 bridgehead atoms. The molecule has 2 aromatic carbocycles. The third kappa shape index (κ3) is 6.02. The Balaban J connectivity index is 1.41. The van der Waals surface area contributed by atoms with Crippen LogP contribution in [0.5, 0.6) is 11.5 Å². The van der Waals surface area contributed by atoms with E-state index >= 15 is 0 Å². The average molecular weight is 488 g/mol. The summed E-state index contributed by atoms with van der Waals surface area (Å²) in [7, 11) is 1.59. The number of ether oxygens (including phenoxy) is 3. The summed E-state index contributed by atoms with van der Waals surface area (Å²) in [4.78, 5) is 23.2. The van der Waals surface area contributed by atoms with E-state index in [1.807, 2.05) is 48.5 Å². The Bertz CT molecular complexity index is 1170. The van der Waals surface area contributed by atoms with Gasteiger partial charge < -0.3 is 33.5 Å². The van der Waals surface area contributed by atoms with Crippen LogP contribution in [0, 0.1) is 6.92 Å². The van der Waals surface area contributed by atoms with Crippen LogP contribution in [0.15, 0.2) is 62.2 Å². The molecule has 1 amide bonds. The van der Waals surface area contributed by atoms with Gasteiger partial charge in [0, 0.05) is 0 Å². The third-order valence-corrected chi connectivity index (χ3v) is 6.40. The fraction of sp³-hybridized carbons (Fsp3) is 0.333. The zero-order valence-electron chi connectivity index (χ0n) is 18.7. The van der Waals surface area contributed by atoms with E-state index in [2.05, 4.69) is 5.32 Å². The molecule has 3 atom stereocenters. The van der Waals surface area contributed by atoms with Crippen LogP contribution in [-0.4, -0.2) is 35.5 Å². The van der Waals surface area contributed by atoms with Crippen molar-refractivity contribution in [3.05, 3.63) is 81.8 Å². The maximum absolute atomic E-state index is 11.8. The van der Waals surface area contributed by atoms with E-state index in [-0.39, 0.29) is 24.4 Å². The first-order valence-electron chi connectivity index (χ1n) is 10.6. The largest absolute Gasteiger partial charge is 0.519 e. The molecule has 1 aliphatic heterocycles. The maximum Gasteiger partial charge on any atom is 0.519 e. The van der Waals surface area contributed by atoms with Crippen LogP contribution < -0.4 is 20.6 Å². The van der Waals surface area contributed by atoms with Crippen LogP contribution in [0.4, 0.5) is 0 Å². The van der Waals surface area contributed by atoms with Crippen molar-refractivity contribution in [3.8, 4) is 11.5 Å². The van der Waals surface area contributed by atoms with Crippen molar-refractivity contribution in [2.75, 3.05) is 13.7 Å². The second-order valence-electron chi connectivity index (χ2n) is 7.65. The van der Waals surface area contributed by atoms with E-state index in [9.17, 15) is 14.7 Å². The SMILES string of the molecule is COc1cccc(C(COc2ccc(CC3SC(O)NC3=O)cc2)OCc2oc(=O)oc2C)c1. The maximum atomic E-state index is 11.8. The molecule has 4 rings (SSSR count). The number of benzene rings is 2. The van der Waals surface area contributed by atoms with Gasteiger partial charge in [-0.1, -0.05) is 36.0 Å². The highest BCUT2D eigenvalue weighted by atomic mass is 32.2. The van der Waals surface area contributed by atoms with Crippen LogP contribution in [-0.2, 0) is 22.6 Å². The average Bonchev–Trinajstić information content (AvgIpc) is 3.33. The Labute approximate surface area is 200 Å². The van der Waals surface area contributed by atoms with Gasteiger partial charge in [-0.05, 0) is 48.7 Å². The Morgan fingerprint density at radius 1 is 1.12 bits per heavy atom. The molecule has 34 heavy (non-hydrogen) atoms. The van der Waals surface area contributed by atoms with Crippen LogP contribution in [0.1, 0.15) is 28.8 Å². The van der Waals surface area contributed by atoms with Gasteiger partial charge in [0.2, 0.25) is 5.91 Å². The molecule has 9 nitrogen and oxygen atoms in total. The molecule has 3 aromatic rings. The van der Waals surface area contributed by atoms with Crippen molar-refractivity contribution in [1.82, 2.24) is 5.32 Å². The lowest BCUT2D eigenvalue weighted by Crippen LogP contribution is -2.27. The van der Waals surface area contributed by atoms with Gasteiger partial charge in [0.1, 0.15) is 36.6 Å². The molecule has 0 saturated carbocycles. The molecule has 2 heterocycles. The Kier molecular flexibility index (Phi) is 7.61. The molecule has 2 N–H and O–H groups in total. The van der Waals surface area contributed by atoms with E-state index < -0.39 is 17.5 Å². The highest BCUT2D eigenvalue weighted by molar-refractivity contribution is 8.01. The second-order valence-corrected chi connectivity index (χ2v) is 8.94. The van der Waals surface area contributed by atoms with Gasteiger partial charge in [-0.3, -0.25) is 4.79 Å². The quantitative estimate of drug-likeness (QED) is 0.445. The van der Waals surface area contributed by atoms with Gasteiger partial charge in [-0.25, -0.2) is 4.79 Å². The van der Waals surface area contributed by atoms with E-state index in [0.29, 0.717) is 29.4 Å². The molecule has 1 saturated heterocycles. The molecular weight excluding hydrogens is 462 g/mol. The standard InChI is InChI=1S/C24H25NO8S/c1-14-19(33-24(28)32-14)12-31-20(16-4-3-5-18(11-16)29-2)13-30-17-8-6-15(7-9-17)10-21-22(26)25-23(27)34-21/h3-9,11,20-21,23,27H,10,12-13H2,1-2H3,(H,25,26). The van der Waals surface area contributed by atoms with Crippen LogP contribution in [0.25, 0.3) is 0 Å². The Morgan fingerprint density at radius 3 is 2.56 bits per heavy atom. The lowest BCUT2D eigenvalue weighted by Gasteiger charge is -2.19. The van der Waals surface area contributed by atoms with Gasteiger partial charge >= 0.3 is 5.82 Å². The zero-order chi connectivity index (χ0) is 24.1. The van der Waals surface area contributed by atoms with E-state index in [1.54, 1.807) is 14.0 Å². The van der Waals surface area contributed by atoms with Crippen molar-refractivity contribution < 1.29 is 32.9 Å². The molecule has 1 aliphatic rings. The highest BCUT2D eigenvalue weighted by Crippen LogP contribution is 2.27. The summed E-state index contributed by atoms with van der Waals surface area (Å²) in [6, 6.07) is 14.9. The summed E-state index contributed by atoms with van der Waals surface area (Å²) in [6.45, 7) is 1.87. The number of amides is 1. The summed E-state index contributed by atoms with van der Waals surface area (Å²) >= 11 is 1.20. The Hall–Kier alpha value is -3.21. The molecule has 1 fully saturated rings. The zero-order valence-corrected chi connectivity index (χ0v) is 19.5. The van der Waals surface area contributed by atoms with Crippen LogP contribution in [0.2, 0.25) is 0 Å². The molecule has 3 unspecified atom stereocenters. The molecule has 1 aromatic heterocycles. The molecule has 0 spiro atoms. The van der Waals surface area contributed by atoms with Gasteiger partial charge in [0.05, 0.1) is 12.4 Å². The van der Waals surface area contributed by atoms with Crippen molar-refractivity contribution >= 4 is 17.7 Å². The van der Waals surface area contributed by atoms with Crippen molar-refractivity contribution in [2.45, 2.75) is 36.9 Å². The first-order valence-corrected chi connectivity index (χ1v) is 11.6. The minimum atomic E-state index is -0.854. The number of aryl methyl sites for hydroxylation is 1. The van der Waals surface area contributed by atoms with Gasteiger partial charge in [0.25, 0.3) is 0 Å². The van der Waals surface area contributed by atoms with Crippen molar-refractivity contribution in [1.29, 1.82) is 0 Å². The molecule has 180 valence electrons. The number of rotatable bonds is 10. The normalized spacial score (nSPS) is 18.5. The van der Waals surface area contributed by atoms with E-state index in [1.165, 1.54) is 11.8 Å². The molecular formula is C24H25NO8S. The van der Waals surface area contributed by atoms with Crippen LogP contribution in [0.3, 0.4) is 0 Å². The molecule has 0 aliphatic carbocycles. The summed E-state index contributed by atoms with van der Waals surface area (Å²) in [5.41, 5.74) is 0.940. The minimum Gasteiger partial charge on any atom is -0.497 e. The number of carbonyl (C=O) groups excluding carboxylic acids is 1. The number of nitrogens with one attached hydrogen (secondary N) is 1. The lowest BCUT2D eigenvalue weighted by atomic mass is 10.1. The number of methoxy groups -OCH3 is 1. The van der Waals surface area contributed by atoms with Gasteiger partial charge in [-0.2, -0.15) is 0 Å². The number of carbonyl (C=O) groups is 1. The number of hydrogen-bond acceptors (Lipinski definition) is 9. The van der Waals surface area contributed by atoms with Gasteiger partial charge in [0.15, 0.2) is 11.3 Å². The van der Waals surface area contributed by atoms with E-state index in [0.717, 1.165) is 11.1 Å². The summed E-state index contributed by atoms with van der Waals surface area (Å²) in [5.74, 6) is 1.07. The number of aliphatic hydroxyl groups excluding tert-OH is 1. The molecule has 10 heteroatoms. The summed E-state index contributed by atoms with van der Waals surface area (Å²) < 4.78 is 27.2. The van der Waals surface area contributed by atoms with Crippen molar-refractivity contribution in [2.24, 2.45) is 0 Å². The molecule has 0 radical (unpaired) electrons. The first-order chi connectivity index (χ1) is 16.4. The lowest BCUT2D eigenvalue weighted by molar-refractivity contribution is -0.121. The van der Waals surface area contributed by atoms with Crippen molar-refractivity contribution in [3.63, 3.8) is 0 Å². The number of aliphatic hydroxyl groups is 1. The number of hydrogen-bond donors (Lipinski definition) is 2. The predicted octanol–water partition coefficient (Wildman–Crippen LogP) is 2.94. The number of thioether (sulfide) groups is 1. The smallest absolute Gasteiger partial charge is 0.497 e. The topological polar surface area (TPSA) is 120 Å². The first kappa shape index (κ1) is 23.9. The van der Waals surface area contributed by atoms with E-state index in [4.69, 9.17) is 23.0 Å². The van der Waals surface area contributed by atoms with Crippen LogP contribution >= 0.6 is 11.8 Å². The highest BCUT2D eigenvalue weighted by Gasteiger charge is 2.31. The second kappa shape index (κ2) is 10.8. The van der Waals surface area contributed by atoms with Gasteiger partial charge in [-0.15, -0.1) is 0 Å². The monoisotopic (exact) mass is 487 g/mol. The third-order valence-electron chi connectivity index (χ3n) is 5.31.